The Kier molecular flexibility index (Phi) is 5.91. The summed E-state index contributed by atoms with van der Waals surface area (Å²) in [6.07, 6.45) is 5.83. The lowest BCUT2D eigenvalue weighted by atomic mass is 9.85. The second kappa shape index (κ2) is 7.70. The van der Waals surface area contributed by atoms with Gasteiger partial charge < -0.3 is 15.3 Å². The van der Waals surface area contributed by atoms with Crippen molar-refractivity contribution in [3.8, 4) is 0 Å². The molecule has 1 amide bonds. The Morgan fingerprint density at radius 3 is 2.52 bits per heavy atom. The van der Waals surface area contributed by atoms with Crippen LogP contribution in [0.5, 0.6) is 0 Å². The molecule has 1 aromatic carbocycles. The van der Waals surface area contributed by atoms with Crippen LogP contribution in [0.3, 0.4) is 0 Å². The molecule has 0 aliphatic heterocycles. The fraction of sp³-hybridized carbons (Fsp3) is 0.500. The summed E-state index contributed by atoms with van der Waals surface area (Å²) in [7, 11) is 3.86. The van der Waals surface area contributed by atoms with E-state index in [0.717, 1.165) is 25.7 Å². The van der Waals surface area contributed by atoms with Crippen molar-refractivity contribution in [2.45, 2.75) is 37.3 Å². The van der Waals surface area contributed by atoms with Crippen LogP contribution in [0.4, 0.5) is 4.39 Å². The monoisotopic (exact) mass is 320 g/mol. The van der Waals surface area contributed by atoms with Crippen molar-refractivity contribution in [3.63, 3.8) is 0 Å². The maximum absolute atomic E-state index is 13.1. The van der Waals surface area contributed by atoms with E-state index in [-0.39, 0.29) is 11.7 Å². The minimum Gasteiger partial charge on any atom is -0.386 e. The molecule has 1 aliphatic rings. The quantitative estimate of drug-likeness (QED) is 0.792. The van der Waals surface area contributed by atoms with E-state index in [1.165, 1.54) is 18.2 Å². The molecule has 0 heterocycles. The SMILES string of the molecule is CN(C)C/C=C/C(=O)NC1(C(O)c2ccc(F)cc2)CCCC1. The highest BCUT2D eigenvalue weighted by Crippen LogP contribution is 2.40. The van der Waals surface area contributed by atoms with Crippen LogP contribution in [0.1, 0.15) is 37.4 Å². The first kappa shape index (κ1) is 17.6. The van der Waals surface area contributed by atoms with Crippen LogP contribution in [0.2, 0.25) is 0 Å². The average molecular weight is 320 g/mol. The minimum atomic E-state index is -0.836. The molecule has 0 aromatic heterocycles. The van der Waals surface area contributed by atoms with Crippen LogP contribution in [-0.2, 0) is 4.79 Å². The molecule has 0 bridgehead atoms. The number of rotatable bonds is 6. The average Bonchev–Trinajstić information content (AvgIpc) is 2.96. The molecule has 5 heteroatoms. The first-order valence-corrected chi connectivity index (χ1v) is 8.00. The number of aliphatic hydroxyl groups is 1. The van der Waals surface area contributed by atoms with Gasteiger partial charge in [0.05, 0.1) is 5.54 Å². The lowest BCUT2D eigenvalue weighted by molar-refractivity contribution is -0.120. The van der Waals surface area contributed by atoms with Gasteiger partial charge >= 0.3 is 0 Å². The van der Waals surface area contributed by atoms with Gasteiger partial charge in [0.1, 0.15) is 11.9 Å². The predicted molar refractivity (Wildman–Crippen MR) is 88.4 cm³/mol. The predicted octanol–water partition coefficient (Wildman–Crippen LogP) is 2.41. The van der Waals surface area contributed by atoms with E-state index in [4.69, 9.17) is 0 Å². The molecule has 1 atom stereocenters. The molecule has 2 rings (SSSR count). The van der Waals surface area contributed by atoms with Crippen molar-refractivity contribution in [1.29, 1.82) is 0 Å². The van der Waals surface area contributed by atoms with E-state index in [1.807, 2.05) is 19.0 Å². The zero-order chi connectivity index (χ0) is 16.9. The number of likely N-dealkylation sites (N-methyl/N-ethyl adjacent to an activating group) is 1. The van der Waals surface area contributed by atoms with E-state index < -0.39 is 11.6 Å². The summed E-state index contributed by atoms with van der Waals surface area (Å²) in [5.74, 6) is -0.535. The summed E-state index contributed by atoms with van der Waals surface area (Å²) in [5.41, 5.74) is -0.0388. The van der Waals surface area contributed by atoms with Gasteiger partial charge in [-0.25, -0.2) is 4.39 Å². The number of benzene rings is 1. The third-order valence-electron chi connectivity index (χ3n) is 4.32. The highest BCUT2D eigenvalue weighted by molar-refractivity contribution is 5.88. The van der Waals surface area contributed by atoms with Crippen LogP contribution < -0.4 is 5.32 Å². The second-order valence-electron chi connectivity index (χ2n) is 6.47. The Hall–Kier alpha value is -1.72. The lowest BCUT2D eigenvalue weighted by Crippen LogP contribution is -2.50. The van der Waals surface area contributed by atoms with Gasteiger partial charge in [0, 0.05) is 12.6 Å². The number of hydrogen-bond donors (Lipinski definition) is 2. The van der Waals surface area contributed by atoms with Crippen molar-refractivity contribution >= 4 is 5.91 Å². The maximum atomic E-state index is 13.1. The van der Waals surface area contributed by atoms with Crippen LogP contribution in [0.25, 0.3) is 0 Å². The van der Waals surface area contributed by atoms with E-state index in [1.54, 1.807) is 18.2 Å². The molecule has 1 saturated carbocycles. The summed E-state index contributed by atoms with van der Waals surface area (Å²) in [5, 5.41) is 13.7. The van der Waals surface area contributed by atoms with E-state index >= 15 is 0 Å². The fourth-order valence-electron chi connectivity index (χ4n) is 3.09. The molecule has 1 fully saturated rings. The second-order valence-corrected chi connectivity index (χ2v) is 6.47. The van der Waals surface area contributed by atoms with Crippen molar-refractivity contribution < 1.29 is 14.3 Å². The number of aliphatic hydroxyl groups excluding tert-OH is 1. The third-order valence-corrected chi connectivity index (χ3v) is 4.32. The molecular formula is C18H25FN2O2. The Balaban J connectivity index is 2.11. The molecular weight excluding hydrogens is 295 g/mol. The molecule has 0 saturated heterocycles. The fourth-order valence-corrected chi connectivity index (χ4v) is 3.09. The normalized spacial score (nSPS) is 18.5. The summed E-state index contributed by atoms with van der Waals surface area (Å²) in [4.78, 5) is 14.1. The topological polar surface area (TPSA) is 52.6 Å². The third kappa shape index (κ3) is 4.62. The Bertz CT molecular complexity index is 549. The summed E-state index contributed by atoms with van der Waals surface area (Å²) >= 11 is 0. The number of halogens is 1. The number of nitrogens with zero attached hydrogens (tertiary/aromatic N) is 1. The number of nitrogens with one attached hydrogen (secondary N) is 1. The molecule has 23 heavy (non-hydrogen) atoms. The standard InChI is InChI=1S/C18H25FN2O2/c1-21(2)13-5-6-16(22)20-18(11-3-4-12-18)17(23)14-7-9-15(19)10-8-14/h5-10,17,23H,3-4,11-13H2,1-2H3,(H,20,22)/b6-5+. The molecule has 1 aromatic rings. The van der Waals surface area contributed by atoms with Crippen LogP contribution in [0, 0.1) is 5.82 Å². The smallest absolute Gasteiger partial charge is 0.244 e. The van der Waals surface area contributed by atoms with Gasteiger partial charge in [-0.15, -0.1) is 0 Å². The molecule has 1 aliphatic carbocycles. The highest BCUT2D eigenvalue weighted by atomic mass is 19.1. The maximum Gasteiger partial charge on any atom is 0.244 e. The summed E-state index contributed by atoms with van der Waals surface area (Å²) < 4.78 is 13.1. The number of amides is 1. The number of carbonyl (C=O) groups is 1. The van der Waals surface area contributed by atoms with Gasteiger partial charge in [-0.1, -0.05) is 31.1 Å². The molecule has 4 nitrogen and oxygen atoms in total. The van der Waals surface area contributed by atoms with Gasteiger partial charge in [-0.05, 0) is 44.6 Å². The van der Waals surface area contributed by atoms with Crippen molar-refractivity contribution in [3.05, 3.63) is 47.8 Å². The van der Waals surface area contributed by atoms with Gasteiger partial charge in [0.25, 0.3) is 0 Å². The molecule has 1 unspecified atom stereocenters. The first-order valence-electron chi connectivity index (χ1n) is 8.00. The highest BCUT2D eigenvalue weighted by Gasteiger charge is 2.42. The molecule has 2 N–H and O–H groups in total. The molecule has 0 spiro atoms. The van der Waals surface area contributed by atoms with Crippen molar-refractivity contribution in [2.24, 2.45) is 0 Å². The van der Waals surface area contributed by atoms with Crippen LogP contribution in [-0.4, -0.2) is 42.1 Å². The first-order chi connectivity index (χ1) is 10.9. The van der Waals surface area contributed by atoms with Gasteiger partial charge in [-0.2, -0.15) is 0 Å². The zero-order valence-electron chi connectivity index (χ0n) is 13.8. The van der Waals surface area contributed by atoms with Crippen molar-refractivity contribution in [2.75, 3.05) is 20.6 Å². The van der Waals surface area contributed by atoms with E-state index in [2.05, 4.69) is 5.32 Å². The van der Waals surface area contributed by atoms with E-state index in [9.17, 15) is 14.3 Å². The number of hydrogen-bond acceptors (Lipinski definition) is 3. The van der Waals surface area contributed by atoms with Gasteiger partial charge in [0.15, 0.2) is 0 Å². The minimum absolute atomic E-state index is 0.199. The molecule has 0 radical (unpaired) electrons. The largest absolute Gasteiger partial charge is 0.386 e. The van der Waals surface area contributed by atoms with Crippen LogP contribution in [0.15, 0.2) is 36.4 Å². The number of carbonyl (C=O) groups excluding carboxylic acids is 1. The van der Waals surface area contributed by atoms with Crippen molar-refractivity contribution in [1.82, 2.24) is 10.2 Å². The summed E-state index contributed by atoms with van der Waals surface area (Å²) in [6.45, 7) is 0.681. The lowest BCUT2D eigenvalue weighted by Gasteiger charge is -2.35. The summed E-state index contributed by atoms with van der Waals surface area (Å²) in [6, 6.07) is 5.82. The Morgan fingerprint density at radius 1 is 1.35 bits per heavy atom. The Morgan fingerprint density at radius 2 is 1.96 bits per heavy atom. The van der Waals surface area contributed by atoms with E-state index in [0.29, 0.717) is 12.1 Å². The van der Waals surface area contributed by atoms with Gasteiger partial charge in [0.2, 0.25) is 5.91 Å². The zero-order valence-corrected chi connectivity index (χ0v) is 13.8. The molecule has 126 valence electrons. The van der Waals surface area contributed by atoms with Gasteiger partial charge in [-0.3, -0.25) is 4.79 Å². The Labute approximate surface area is 137 Å². The van der Waals surface area contributed by atoms with Crippen LogP contribution >= 0.6 is 0 Å².